The van der Waals surface area contributed by atoms with E-state index >= 15 is 0 Å². The second-order valence-electron chi connectivity index (χ2n) is 4.71. The van der Waals surface area contributed by atoms with Crippen molar-refractivity contribution in [3.63, 3.8) is 0 Å². The maximum absolute atomic E-state index is 6.09. The molecule has 5 heteroatoms. The van der Waals surface area contributed by atoms with Gasteiger partial charge >= 0.3 is 0 Å². The zero-order chi connectivity index (χ0) is 14.8. The van der Waals surface area contributed by atoms with Crippen LogP contribution >= 0.6 is 39.1 Å². The summed E-state index contributed by atoms with van der Waals surface area (Å²) in [7, 11) is 0. The fourth-order valence-electron chi connectivity index (χ4n) is 1.80. The van der Waals surface area contributed by atoms with Crippen LogP contribution in [0, 0.1) is 0 Å². The number of ether oxygens (including phenoxy) is 1. The summed E-state index contributed by atoms with van der Waals surface area (Å²) in [4.78, 5) is 0. The lowest BCUT2D eigenvalue weighted by Gasteiger charge is -2.09. The largest absolute Gasteiger partial charge is 0.492 e. The van der Waals surface area contributed by atoms with Crippen LogP contribution in [-0.2, 0) is 0 Å². The van der Waals surface area contributed by atoms with E-state index in [1.165, 1.54) is 25.7 Å². The topological polar surface area (TPSA) is 21.3 Å². The maximum atomic E-state index is 6.09. The standard InChI is InChI=1S/C15H22BrCl2NO/c1-2-7-19-8-5-3-4-6-9-20-15-11-13(17)12(16)10-14(15)18/h10-11,19H,2-9H2,1H3. The lowest BCUT2D eigenvalue weighted by molar-refractivity contribution is 0.304. The van der Waals surface area contributed by atoms with Gasteiger partial charge in [0.15, 0.2) is 0 Å². The maximum Gasteiger partial charge on any atom is 0.139 e. The first kappa shape index (κ1) is 18.1. The summed E-state index contributed by atoms with van der Waals surface area (Å²) in [6.07, 6.45) is 5.87. The van der Waals surface area contributed by atoms with Gasteiger partial charge in [0.05, 0.1) is 16.7 Å². The van der Waals surface area contributed by atoms with E-state index in [0.717, 1.165) is 24.0 Å². The molecule has 0 amide bonds. The second kappa shape index (κ2) is 10.7. The van der Waals surface area contributed by atoms with Gasteiger partial charge in [-0.15, -0.1) is 0 Å². The minimum absolute atomic E-state index is 0.588. The van der Waals surface area contributed by atoms with Gasteiger partial charge in [-0.3, -0.25) is 0 Å². The zero-order valence-electron chi connectivity index (χ0n) is 11.9. The molecule has 0 aromatic heterocycles. The van der Waals surface area contributed by atoms with Gasteiger partial charge in [0.2, 0.25) is 0 Å². The molecule has 0 aliphatic rings. The average Bonchev–Trinajstić information content (AvgIpc) is 2.42. The van der Waals surface area contributed by atoms with Crippen molar-refractivity contribution in [1.82, 2.24) is 5.32 Å². The van der Waals surface area contributed by atoms with Crippen LogP contribution in [0.5, 0.6) is 5.75 Å². The Morgan fingerprint density at radius 3 is 2.55 bits per heavy atom. The van der Waals surface area contributed by atoms with Crippen molar-refractivity contribution in [2.24, 2.45) is 0 Å². The third kappa shape index (κ3) is 7.16. The molecule has 0 bridgehead atoms. The molecule has 0 radical (unpaired) electrons. The third-order valence-corrected chi connectivity index (χ3v) is 4.40. The van der Waals surface area contributed by atoms with Crippen LogP contribution < -0.4 is 10.1 Å². The minimum atomic E-state index is 0.588. The molecular formula is C15H22BrCl2NO. The quantitative estimate of drug-likeness (QED) is 0.414. The highest BCUT2D eigenvalue weighted by Crippen LogP contribution is 2.34. The fraction of sp³-hybridized carbons (Fsp3) is 0.600. The van der Waals surface area contributed by atoms with Crippen molar-refractivity contribution in [1.29, 1.82) is 0 Å². The van der Waals surface area contributed by atoms with Crippen molar-refractivity contribution in [2.45, 2.75) is 39.0 Å². The number of hydrogen-bond acceptors (Lipinski definition) is 2. The predicted octanol–water partition coefficient (Wildman–Crippen LogP) is 5.69. The van der Waals surface area contributed by atoms with Gasteiger partial charge in [0, 0.05) is 10.5 Å². The Bertz CT molecular complexity index is 402. The van der Waals surface area contributed by atoms with Gasteiger partial charge in [-0.1, -0.05) is 43.0 Å². The second-order valence-corrected chi connectivity index (χ2v) is 6.38. The predicted molar refractivity (Wildman–Crippen MR) is 91.3 cm³/mol. The van der Waals surface area contributed by atoms with Crippen molar-refractivity contribution < 1.29 is 4.74 Å². The fourth-order valence-corrected chi connectivity index (χ4v) is 2.65. The Balaban J connectivity index is 2.11. The van der Waals surface area contributed by atoms with Crippen LogP contribution in [0.1, 0.15) is 39.0 Å². The van der Waals surface area contributed by atoms with E-state index in [1.807, 2.05) is 0 Å². The highest BCUT2D eigenvalue weighted by atomic mass is 79.9. The first-order valence-corrected chi connectivity index (χ1v) is 8.68. The SMILES string of the molecule is CCCNCCCCCCOc1cc(Cl)c(Br)cc1Cl. The molecule has 1 rings (SSSR count). The summed E-state index contributed by atoms with van der Waals surface area (Å²) >= 11 is 15.4. The molecule has 0 saturated heterocycles. The number of halogens is 3. The molecule has 0 heterocycles. The van der Waals surface area contributed by atoms with Crippen LogP contribution in [0.4, 0.5) is 0 Å². The average molecular weight is 383 g/mol. The molecule has 0 unspecified atom stereocenters. The van der Waals surface area contributed by atoms with E-state index in [0.29, 0.717) is 22.4 Å². The summed E-state index contributed by atoms with van der Waals surface area (Å²) < 4.78 is 6.45. The van der Waals surface area contributed by atoms with Crippen LogP contribution in [0.2, 0.25) is 10.0 Å². The lowest BCUT2D eigenvalue weighted by atomic mass is 10.2. The zero-order valence-corrected chi connectivity index (χ0v) is 15.0. The summed E-state index contributed by atoms with van der Waals surface area (Å²) in [6, 6.07) is 3.52. The van der Waals surface area contributed by atoms with Gasteiger partial charge in [-0.2, -0.15) is 0 Å². The van der Waals surface area contributed by atoms with E-state index in [1.54, 1.807) is 12.1 Å². The molecule has 0 fully saturated rings. The molecule has 1 aromatic rings. The molecule has 20 heavy (non-hydrogen) atoms. The lowest BCUT2D eigenvalue weighted by Crippen LogP contribution is -2.15. The number of rotatable bonds is 10. The van der Waals surface area contributed by atoms with Crippen molar-refractivity contribution in [3.05, 3.63) is 26.7 Å². The number of unbranched alkanes of at least 4 members (excludes halogenated alkanes) is 3. The Morgan fingerprint density at radius 2 is 1.80 bits per heavy atom. The monoisotopic (exact) mass is 381 g/mol. The van der Waals surface area contributed by atoms with E-state index in [-0.39, 0.29) is 0 Å². The van der Waals surface area contributed by atoms with Gasteiger partial charge in [0.1, 0.15) is 5.75 Å². The van der Waals surface area contributed by atoms with Crippen LogP contribution in [0.15, 0.2) is 16.6 Å². The normalized spacial score (nSPS) is 10.8. The number of nitrogens with one attached hydrogen (secondary N) is 1. The van der Waals surface area contributed by atoms with Gasteiger partial charge in [-0.25, -0.2) is 0 Å². The molecular weight excluding hydrogens is 361 g/mol. The van der Waals surface area contributed by atoms with Crippen molar-refractivity contribution in [2.75, 3.05) is 19.7 Å². The molecule has 2 nitrogen and oxygen atoms in total. The van der Waals surface area contributed by atoms with Crippen LogP contribution in [-0.4, -0.2) is 19.7 Å². The molecule has 0 aliphatic carbocycles. The molecule has 0 atom stereocenters. The van der Waals surface area contributed by atoms with E-state index < -0.39 is 0 Å². The van der Waals surface area contributed by atoms with Crippen molar-refractivity contribution in [3.8, 4) is 5.75 Å². The highest BCUT2D eigenvalue weighted by molar-refractivity contribution is 9.10. The van der Waals surface area contributed by atoms with E-state index in [2.05, 4.69) is 28.2 Å². The summed E-state index contributed by atoms with van der Waals surface area (Å²) in [5.41, 5.74) is 0. The molecule has 0 aliphatic heterocycles. The van der Waals surface area contributed by atoms with E-state index in [4.69, 9.17) is 27.9 Å². The molecule has 1 N–H and O–H groups in total. The Labute approximate surface area is 140 Å². The van der Waals surface area contributed by atoms with Crippen LogP contribution in [0.3, 0.4) is 0 Å². The first-order chi connectivity index (χ1) is 9.65. The number of hydrogen-bond donors (Lipinski definition) is 1. The molecule has 0 spiro atoms. The van der Waals surface area contributed by atoms with Crippen molar-refractivity contribution >= 4 is 39.1 Å². The van der Waals surface area contributed by atoms with Crippen LogP contribution in [0.25, 0.3) is 0 Å². The summed E-state index contributed by atoms with van der Waals surface area (Å²) in [5, 5.41) is 4.61. The Kier molecular flexibility index (Phi) is 9.70. The van der Waals surface area contributed by atoms with Gasteiger partial charge in [0.25, 0.3) is 0 Å². The Morgan fingerprint density at radius 1 is 1.05 bits per heavy atom. The van der Waals surface area contributed by atoms with Gasteiger partial charge < -0.3 is 10.1 Å². The summed E-state index contributed by atoms with van der Waals surface area (Å²) in [6.45, 7) is 5.10. The first-order valence-electron chi connectivity index (χ1n) is 7.13. The minimum Gasteiger partial charge on any atom is -0.492 e. The Hall–Kier alpha value is 0.0400. The summed E-state index contributed by atoms with van der Waals surface area (Å²) in [5.74, 6) is 0.657. The smallest absolute Gasteiger partial charge is 0.139 e. The molecule has 114 valence electrons. The van der Waals surface area contributed by atoms with Gasteiger partial charge in [-0.05, 0) is 54.3 Å². The molecule has 0 saturated carbocycles. The molecule has 1 aromatic carbocycles. The third-order valence-electron chi connectivity index (χ3n) is 2.91. The highest BCUT2D eigenvalue weighted by Gasteiger charge is 2.06. The van der Waals surface area contributed by atoms with E-state index in [9.17, 15) is 0 Å². The number of benzene rings is 1.